The van der Waals surface area contributed by atoms with Crippen LogP contribution in [0.1, 0.15) is 93.0 Å². The van der Waals surface area contributed by atoms with Gasteiger partial charge < -0.3 is 29.7 Å². The van der Waals surface area contributed by atoms with E-state index in [0.29, 0.717) is 64.8 Å². The number of likely N-dealkylation sites (tertiary alicyclic amines) is 1. The van der Waals surface area contributed by atoms with Crippen LogP contribution in [0.15, 0.2) is 53.5 Å². The van der Waals surface area contributed by atoms with Crippen molar-refractivity contribution in [2.24, 2.45) is 11.3 Å². The van der Waals surface area contributed by atoms with Gasteiger partial charge in [0, 0.05) is 86.0 Å². The molecule has 2 aromatic carbocycles. The van der Waals surface area contributed by atoms with Gasteiger partial charge >= 0.3 is 0 Å². The summed E-state index contributed by atoms with van der Waals surface area (Å²) < 4.78 is 7.63. The van der Waals surface area contributed by atoms with Crippen molar-refractivity contribution in [1.29, 1.82) is 0 Å². The van der Waals surface area contributed by atoms with Crippen LogP contribution in [0.25, 0.3) is 10.9 Å². The Morgan fingerprint density at radius 3 is 2.36 bits per heavy atom. The molecule has 16 nitrogen and oxygen atoms in total. The van der Waals surface area contributed by atoms with Gasteiger partial charge in [-0.2, -0.15) is 4.98 Å². The van der Waals surface area contributed by atoms with Crippen molar-refractivity contribution in [3.63, 3.8) is 0 Å². The zero-order valence-corrected chi connectivity index (χ0v) is 37.9. The molecule has 17 heteroatoms. The van der Waals surface area contributed by atoms with E-state index in [9.17, 15) is 24.0 Å². The zero-order valence-electron chi connectivity index (χ0n) is 37.2. The molecule has 2 aromatic heterocycles. The van der Waals surface area contributed by atoms with Crippen molar-refractivity contribution in [3.8, 4) is 5.75 Å². The van der Waals surface area contributed by atoms with E-state index in [1.165, 1.54) is 0 Å². The number of rotatable bonds is 12. The number of fused-ring (bicyclic) bond motifs is 2. The summed E-state index contributed by atoms with van der Waals surface area (Å²) in [6.45, 7) is 14.2. The van der Waals surface area contributed by atoms with Gasteiger partial charge in [0.1, 0.15) is 17.7 Å². The largest absolute Gasteiger partial charge is 0.487 e. The molecular formula is C47H57ClN10O6. The molecule has 3 N–H and O–H groups in total. The average Bonchev–Trinajstić information content (AvgIpc) is 3.50. The van der Waals surface area contributed by atoms with Crippen LogP contribution >= 0.6 is 11.6 Å². The molecule has 0 bridgehead atoms. The maximum Gasteiger partial charge on any atom is 0.293 e. The molecule has 0 radical (unpaired) electrons. The summed E-state index contributed by atoms with van der Waals surface area (Å²) in [4.78, 5) is 82.0. The van der Waals surface area contributed by atoms with Crippen molar-refractivity contribution in [2.75, 3.05) is 68.0 Å². The number of carbonyl (C=O) groups is 4. The third-order valence-corrected chi connectivity index (χ3v) is 14.2. The molecule has 4 amide bonds. The minimum absolute atomic E-state index is 0.0532. The summed E-state index contributed by atoms with van der Waals surface area (Å²) in [7, 11) is 1.84. The molecule has 1 spiro atoms. The average molecular weight is 893 g/mol. The molecule has 5 aliphatic heterocycles. The molecule has 64 heavy (non-hydrogen) atoms. The number of ether oxygens (including phenoxy) is 1. The summed E-state index contributed by atoms with van der Waals surface area (Å²) in [5.74, 6) is 0.0770. The van der Waals surface area contributed by atoms with Gasteiger partial charge in [-0.1, -0.05) is 11.6 Å². The second-order valence-electron chi connectivity index (χ2n) is 18.8. The van der Waals surface area contributed by atoms with Crippen LogP contribution in [0.5, 0.6) is 5.75 Å². The van der Waals surface area contributed by atoms with E-state index >= 15 is 0 Å². The summed E-state index contributed by atoms with van der Waals surface area (Å²) in [5.41, 5.74) is 3.16. The first-order chi connectivity index (χ1) is 30.7. The number of amides is 4. The first-order valence-corrected chi connectivity index (χ1v) is 23.0. The number of aromatic nitrogens is 3. The Morgan fingerprint density at radius 2 is 1.66 bits per heavy atom. The van der Waals surface area contributed by atoms with Crippen LogP contribution in [0, 0.1) is 11.3 Å². The Kier molecular flexibility index (Phi) is 11.9. The lowest BCUT2D eigenvalue weighted by Gasteiger charge is -2.59. The minimum Gasteiger partial charge on any atom is -0.487 e. The van der Waals surface area contributed by atoms with Crippen molar-refractivity contribution < 1.29 is 23.9 Å². The van der Waals surface area contributed by atoms with Crippen molar-refractivity contribution >= 4 is 69.3 Å². The van der Waals surface area contributed by atoms with Crippen LogP contribution in [0.3, 0.4) is 0 Å². The number of nitrogens with one attached hydrogen (secondary N) is 3. The van der Waals surface area contributed by atoms with Crippen molar-refractivity contribution in [2.45, 2.75) is 90.4 Å². The smallest absolute Gasteiger partial charge is 0.293 e. The van der Waals surface area contributed by atoms with Gasteiger partial charge in [0.05, 0.1) is 22.8 Å². The number of imide groups is 2. The van der Waals surface area contributed by atoms with Gasteiger partial charge in [-0.05, 0) is 115 Å². The summed E-state index contributed by atoms with van der Waals surface area (Å²) in [5, 5.41) is 9.99. The fourth-order valence-electron chi connectivity index (χ4n) is 10.9. The molecule has 4 aromatic rings. The normalized spacial score (nSPS) is 22.7. The molecule has 4 saturated heterocycles. The van der Waals surface area contributed by atoms with Crippen LogP contribution < -0.4 is 36.0 Å². The number of halogens is 1. The topological polar surface area (TPSA) is 174 Å². The Balaban J connectivity index is 0.789. The number of likely N-dealkylation sites (N-methyl/N-ethyl adjacent to an activating group) is 1. The summed E-state index contributed by atoms with van der Waals surface area (Å²) >= 11 is 6.66. The van der Waals surface area contributed by atoms with Gasteiger partial charge in [0.2, 0.25) is 17.8 Å². The molecule has 3 atom stereocenters. The number of nitrogens with zero attached hydrogens (tertiary/aromatic N) is 7. The second-order valence-corrected chi connectivity index (χ2v) is 19.2. The second kappa shape index (κ2) is 17.4. The first-order valence-electron chi connectivity index (χ1n) is 22.6. The maximum atomic E-state index is 13.5. The Morgan fingerprint density at radius 1 is 0.922 bits per heavy atom. The number of piperidine rings is 3. The van der Waals surface area contributed by atoms with Crippen LogP contribution in [-0.4, -0.2) is 119 Å². The number of carbonyl (C=O) groups excluding carboxylic acids is 4. The van der Waals surface area contributed by atoms with E-state index in [2.05, 4.69) is 49.5 Å². The van der Waals surface area contributed by atoms with Crippen LogP contribution in [0.2, 0.25) is 5.02 Å². The predicted molar refractivity (Wildman–Crippen MR) is 246 cm³/mol. The summed E-state index contributed by atoms with van der Waals surface area (Å²) in [6.07, 6.45) is 6.13. The summed E-state index contributed by atoms with van der Waals surface area (Å²) in [6, 6.07) is 12.9. The number of anilines is 4. The predicted octanol–water partition coefficient (Wildman–Crippen LogP) is 5.36. The van der Waals surface area contributed by atoms with E-state index in [-0.39, 0.29) is 35.8 Å². The lowest BCUT2D eigenvalue weighted by molar-refractivity contribution is -0.136. The molecular weight excluding hydrogens is 836 g/mol. The molecule has 0 aliphatic carbocycles. The van der Waals surface area contributed by atoms with Gasteiger partial charge in [-0.15, -0.1) is 0 Å². The van der Waals surface area contributed by atoms with E-state index in [4.69, 9.17) is 21.3 Å². The molecule has 338 valence electrons. The number of hydrogen-bond donors (Lipinski definition) is 3. The Labute approximate surface area is 377 Å². The third kappa shape index (κ3) is 8.19. The van der Waals surface area contributed by atoms with Crippen LogP contribution in [0.4, 0.5) is 23.1 Å². The molecule has 7 heterocycles. The lowest BCUT2D eigenvalue weighted by Crippen LogP contribution is -2.64. The zero-order chi connectivity index (χ0) is 45.0. The highest BCUT2D eigenvalue weighted by Gasteiger charge is 2.50. The van der Waals surface area contributed by atoms with Gasteiger partial charge in [0.15, 0.2) is 11.6 Å². The standard InChI is InChI=1S/C47H57ClN10O6/c1-27(2)57-37-9-6-32(18-31(37)19-39(45(57)63)64-17-14-49-5)51-41-36(48)23-50-46(53-41)54-15-12-30(13-16-54)24-56-28(3)21-47(22-29(56)4)25-55(26-47)33-7-8-34-35(20-33)44(62)58(43(34)61)38-10-11-40(59)52-42(38)60/h6-9,18-20,23,27-30,38,49H,10-17,21-22,24-26H2,1-5H3,(H,50,51,53)(H,52,59,60)/t28-,29-,38?/m0/s1. The van der Waals surface area contributed by atoms with Gasteiger partial charge in [-0.3, -0.25) is 39.1 Å². The molecule has 5 aliphatic rings. The lowest BCUT2D eigenvalue weighted by atomic mass is 9.67. The number of pyridine rings is 1. The SMILES string of the molecule is CNCCOc1cc2cc(Nc3nc(N4CCC(CN5[C@@H](C)CC6(C[C@@H]5C)CN(c5ccc7c(c5)C(=O)N(C5CCC(=O)NC5=O)C7=O)C6)CC4)ncc3Cl)ccc2n(C(C)C)c1=O. The highest BCUT2D eigenvalue weighted by atomic mass is 35.5. The van der Waals surface area contributed by atoms with E-state index in [1.54, 1.807) is 29.0 Å². The van der Waals surface area contributed by atoms with E-state index < -0.39 is 23.8 Å². The van der Waals surface area contributed by atoms with Crippen molar-refractivity contribution in [1.82, 2.24) is 35.0 Å². The maximum absolute atomic E-state index is 13.5. The monoisotopic (exact) mass is 892 g/mol. The quantitative estimate of drug-likeness (QED) is 0.123. The first kappa shape index (κ1) is 43.7. The highest BCUT2D eigenvalue weighted by molar-refractivity contribution is 6.33. The number of benzene rings is 2. The van der Waals surface area contributed by atoms with Crippen LogP contribution in [-0.2, 0) is 9.59 Å². The van der Waals surface area contributed by atoms with Gasteiger partial charge in [-0.25, -0.2) is 4.98 Å². The fraction of sp³-hybridized carbons (Fsp3) is 0.511. The van der Waals surface area contributed by atoms with E-state index in [1.807, 2.05) is 45.2 Å². The third-order valence-electron chi connectivity index (χ3n) is 13.9. The molecule has 9 rings (SSSR count). The van der Waals surface area contributed by atoms with Crippen molar-refractivity contribution in [3.05, 3.63) is 75.2 Å². The molecule has 1 unspecified atom stereocenters. The van der Waals surface area contributed by atoms with E-state index in [0.717, 1.165) is 85.6 Å². The van der Waals surface area contributed by atoms with Gasteiger partial charge in [0.25, 0.3) is 17.4 Å². The molecule has 0 saturated carbocycles. The molecule has 4 fully saturated rings. The Bertz CT molecular complexity index is 2550. The minimum atomic E-state index is -0.975. The number of hydrogen-bond acceptors (Lipinski definition) is 13. The fourth-order valence-corrected chi connectivity index (χ4v) is 11.0. The Hall–Kier alpha value is -5.58. The highest BCUT2D eigenvalue weighted by Crippen LogP contribution is 2.47.